The normalized spacial score (nSPS) is 10.2. The SMILES string of the molecule is CCOc1cc(OCC)cc(C(=O)Nc2ccc(C(=O)O)cc2C)c1. The van der Waals surface area contributed by atoms with Gasteiger partial charge in [0.05, 0.1) is 18.8 Å². The molecule has 2 rings (SSSR count). The van der Waals surface area contributed by atoms with E-state index in [-0.39, 0.29) is 11.5 Å². The smallest absolute Gasteiger partial charge is 0.335 e. The van der Waals surface area contributed by atoms with Crippen molar-refractivity contribution in [3.05, 3.63) is 53.1 Å². The largest absolute Gasteiger partial charge is 0.494 e. The van der Waals surface area contributed by atoms with Crippen LogP contribution in [-0.2, 0) is 0 Å². The molecule has 0 aliphatic carbocycles. The summed E-state index contributed by atoms with van der Waals surface area (Å²) < 4.78 is 10.9. The third-order valence-electron chi connectivity index (χ3n) is 3.49. The molecule has 1 amide bonds. The van der Waals surface area contributed by atoms with E-state index in [2.05, 4.69) is 5.32 Å². The average Bonchev–Trinajstić information content (AvgIpc) is 2.57. The summed E-state index contributed by atoms with van der Waals surface area (Å²) in [6.07, 6.45) is 0. The highest BCUT2D eigenvalue weighted by atomic mass is 16.5. The van der Waals surface area contributed by atoms with E-state index in [0.29, 0.717) is 41.5 Å². The Bertz CT molecular complexity index is 761. The van der Waals surface area contributed by atoms with Crippen LogP contribution in [0.4, 0.5) is 5.69 Å². The van der Waals surface area contributed by atoms with Crippen molar-refractivity contribution in [1.29, 1.82) is 0 Å². The Morgan fingerprint density at radius 1 is 0.960 bits per heavy atom. The molecule has 2 aromatic rings. The van der Waals surface area contributed by atoms with Crippen molar-refractivity contribution in [2.24, 2.45) is 0 Å². The van der Waals surface area contributed by atoms with E-state index in [9.17, 15) is 9.59 Å². The summed E-state index contributed by atoms with van der Waals surface area (Å²) in [5.74, 6) is -0.228. The number of aryl methyl sites for hydroxylation is 1. The molecule has 0 aliphatic rings. The molecule has 132 valence electrons. The van der Waals surface area contributed by atoms with E-state index in [1.165, 1.54) is 12.1 Å². The molecule has 0 unspecified atom stereocenters. The highest BCUT2D eigenvalue weighted by Gasteiger charge is 2.13. The topological polar surface area (TPSA) is 84.9 Å². The number of aromatic carboxylic acids is 1. The first-order chi connectivity index (χ1) is 11.9. The number of nitrogens with one attached hydrogen (secondary N) is 1. The van der Waals surface area contributed by atoms with Gasteiger partial charge < -0.3 is 19.9 Å². The average molecular weight is 343 g/mol. The monoisotopic (exact) mass is 343 g/mol. The van der Waals surface area contributed by atoms with Crippen LogP contribution in [0.2, 0.25) is 0 Å². The van der Waals surface area contributed by atoms with Crippen LogP contribution >= 0.6 is 0 Å². The van der Waals surface area contributed by atoms with Gasteiger partial charge in [-0.05, 0) is 56.7 Å². The first-order valence-corrected chi connectivity index (χ1v) is 8.00. The molecule has 0 heterocycles. The summed E-state index contributed by atoms with van der Waals surface area (Å²) in [7, 11) is 0. The van der Waals surface area contributed by atoms with Gasteiger partial charge in [-0.15, -0.1) is 0 Å². The van der Waals surface area contributed by atoms with Gasteiger partial charge in [-0.25, -0.2) is 4.79 Å². The molecule has 0 saturated heterocycles. The van der Waals surface area contributed by atoms with Crippen LogP contribution < -0.4 is 14.8 Å². The zero-order valence-corrected chi connectivity index (χ0v) is 14.5. The van der Waals surface area contributed by atoms with Gasteiger partial charge in [-0.2, -0.15) is 0 Å². The summed E-state index contributed by atoms with van der Waals surface area (Å²) >= 11 is 0. The third kappa shape index (κ3) is 4.73. The fraction of sp³-hybridized carbons (Fsp3) is 0.263. The van der Waals surface area contributed by atoms with Crippen LogP contribution in [0.3, 0.4) is 0 Å². The van der Waals surface area contributed by atoms with Crippen LogP contribution in [0.25, 0.3) is 0 Å². The fourth-order valence-corrected chi connectivity index (χ4v) is 2.33. The van der Waals surface area contributed by atoms with E-state index in [1.54, 1.807) is 31.2 Å². The molecule has 2 aromatic carbocycles. The molecule has 25 heavy (non-hydrogen) atoms. The minimum atomic E-state index is -1.01. The second kappa shape index (κ2) is 8.19. The van der Waals surface area contributed by atoms with E-state index in [4.69, 9.17) is 14.6 Å². The lowest BCUT2D eigenvalue weighted by atomic mass is 10.1. The molecule has 0 bridgehead atoms. The number of carboxylic acids is 1. The summed E-state index contributed by atoms with van der Waals surface area (Å²) in [4.78, 5) is 23.6. The Morgan fingerprint density at radius 3 is 2.04 bits per heavy atom. The summed E-state index contributed by atoms with van der Waals surface area (Å²) in [6, 6.07) is 9.56. The van der Waals surface area contributed by atoms with Crippen molar-refractivity contribution in [3.63, 3.8) is 0 Å². The first-order valence-electron chi connectivity index (χ1n) is 8.00. The quantitative estimate of drug-likeness (QED) is 0.800. The Labute approximate surface area is 146 Å². The van der Waals surface area contributed by atoms with Crippen molar-refractivity contribution in [3.8, 4) is 11.5 Å². The third-order valence-corrected chi connectivity index (χ3v) is 3.49. The highest BCUT2D eigenvalue weighted by molar-refractivity contribution is 6.05. The second-order valence-corrected chi connectivity index (χ2v) is 5.35. The number of amides is 1. The first kappa shape index (κ1) is 18.3. The maximum atomic E-state index is 12.6. The second-order valence-electron chi connectivity index (χ2n) is 5.35. The lowest BCUT2D eigenvalue weighted by Gasteiger charge is -2.12. The fourth-order valence-electron chi connectivity index (χ4n) is 2.33. The minimum absolute atomic E-state index is 0.174. The standard InChI is InChI=1S/C19H21NO5/c1-4-24-15-9-14(10-16(11-15)25-5-2)18(21)20-17-7-6-13(19(22)23)8-12(17)3/h6-11H,4-5H2,1-3H3,(H,20,21)(H,22,23). The van der Waals surface area contributed by atoms with Crippen molar-refractivity contribution < 1.29 is 24.2 Å². The van der Waals surface area contributed by atoms with Crippen LogP contribution in [0.5, 0.6) is 11.5 Å². The minimum Gasteiger partial charge on any atom is -0.494 e. The van der Waals surface area contributed by atoms with E-state index >= 15 is 0 Å². The Morgan fingerprint density at radius 2 is 1.56 bits per heavy atom. The molecule has 6 heteroatoms. The number of carbonyl (C=O) groups is 2. The molecular formula is C19H21NO5. The number of hydrogen-bond acceptors (Lipinski definition) is 4. The number of ether oxygens (including phenoxy) is 2. The van der Waals surface area contributed by atoms with E-state index in [1.807, 2.05) is 13.8 Å². The molecule has 0 aromatic heterocycles. The predicted molar refractivity (Wildman–Crippen MR) is 94.9 cm³/mol. The molecule has 0 saturated carbocycles. The van der Waals surface area contributed by atoms with Gasteiger partial charge in [0, 0.05) is 17.3 Å². The number of carboxylic acid groups (broad SMARTS) is 1. The molecule has 0 aliphatic heterocycles. The maximum absolute atomic E-state index is 12.6. The number of hydrogen-bond donors (Lipinski definition) is 2. The maximum Gasteiger partial charge on any atom is 0.335 e. The number of rotatable bonds is 7. The summed E-state index contributed by atoms with van der Waals surface area (Å²) in [5, 5.41) is 11.8. The van der Waals surface area contributed by atoms with Crippen LogP contribution in [-0.4, -0.2) is 30.2 Å². The predicted octanol–water partition coefficient (Wildman–Crippen LogP) is 3.74. The van der Waals surface area contributed by atoms with Crippen LogP contribution in [0.1, 0.15) is 40.1 Å². The van der Waals surface area contributed by atoms with Gasteiger partial charge in [0.15, 0.2) is 0 Å². The molecule has 0 radical (unpaired) electrons. The Kier molecular flexibility index (Phi) is 6.00. The summed E-state index contributed by atoms with van der Waals surface area (Å²) in [5.41, 5.74) is 1.79. The van der Waals surface area contributed by atoms with Crippen molar-refractivity contribution in [2.45, 2.75) is 20.8 Å². The molecule has 2 N–H and O–H groups in total. The van der Waals surface area contributed by atoms with E-state index in [0.717, 1.165) is 0 Å². The number of carbonyl (C=O) groups excluding carboxylic acids is 1. The highest BCUT2D eigenvalue weighted by Crippen LogP contribution is 2.25. The molecule has 0 spiro atoms. The van der Waals surface area contributed by atoms with Gasteiger partial charge in [-0.3, -0.25) is 4.79 Å². The van der Waals surface area contributed by atoms with Crippen molar-refractivity contribution in [2.75, 3.05) is 18.5 Å². The van der Waals surface area contributed by atoms with Crippen molar-refractivity contribution in [1.82, 2.24) is 0 Å². The molecule has 0 atom stereocenters. The van der Waals surface area contributed by atoms with Gasteiger partial charge in [0.1, 0.15) is 11.5 Å². The number of benzene rings is 2. The van der Waals surface area contributed by atoms with Gasteiger partial charge in [-0.1, -0.05) is 0 Å². The molecule has 6 nitrogen and oxygen atoms in total. The Balaban J connectivity index is 2.26. The van der Waals surface area contributed by atoms with Crippen LogP contribution in [0.15, 0.2) is 36.4 Å². The van der Waals surface area contributed by atoms with Gasteiger partial charge in [0.2, 0.25) is 0 Å². The van der Waals surface area contributed by atoms with Gasteiger partial charge >= 0.3 is 5.97 Å². The number of anilines is 1. The van der Waals surface area contributed by atoms with Crippen molar-refractivity contribution >= 4 is 17.6 Å². The lowest BCUT2D eigenvalue weighted by Crippen LogP contribution is -2.13. The van der Waals surface area contributed by atoms with Gasteiger partial charge in [0.25, 0.3) is 5.91 Å². The molecular weight excluding hydrogens is 322 g/mol. The zero-order chi connectivity index (χ0) is 18.4. The zero-order valence-electron chi connectivity index (χ0n) is 14.5. The Hall–Kier alpha value is -3.02. The summed E-state index contributed by atoms with van der Waals surface area (Å²) in [6.45, 7) is 6.42. The molecule has 0 fully saturated rings. The van der Waals surface area contributed by atoms with Crippen LogP contribution in [0, 0.1) is 6.92 Å². The lowest BCUT2D eigenvalue weighted by molar-refractivity contribution is 0.0696. The van der Waals surface area contributed by atoms with E-state index < -0.39 is 5.97 Å².